The number of para-hydroxylation sites is 2. The molecule has 2 aliphatic heterocycles. The first-order valence-corrected chi connectivity index (χ1v) is 11.1. The van der Waals surface area contributed by atoms with Crippen LogP contribution in [0.15, 0.2) is 66.0 Å². The van der Waals surface area contributed by atoms with Crippen LogP contribution in [0.2, 0.25) is 0 Å². The van der Waals surface area contributed by atoms with Gasteiger partial charge in [0.25, 0.3) is 11.8 Å². The number of anilines is 2. The smallest absolute Gasteiger partial charge is 0.278 e. The highest BCUT2D eigenvalue weighted by atomic mass is 32.1. The summed E-state index contributed by atoms with van der Waals surface area (Å²) in [7, 11) is 5.77. The highest BCUT2D eigenvalue weighted by molar-refractivity contribution is 7.10. The summed E-state index contributed by atoms with van der Waals surface area (Å²) in [6.45, 7) is 0.377. The Bertz CT molecular complexity index is 1160. The average molecular weight is 433 g/mol. The van der Waals surface area contributed by atoms with Gasteiger partial charge in [-0.1, -0.05) is 36.4 Å². The molecule has 1 spiro atoms. The first-order chi connectivity index (χ1) is 14.9. The molecule has 2 amide bonds. The van der Waals surface area contributed by atoms with Crippen LogP contribution in [0.4, 0.5) is 11.4 Å². The van der Waals surface area contributed by atoms with E-state index in [0.29, 0.717) is 17.8 Å². The molecule has 6 nitrogen and oxygen atoms in total. The van der Waals surface area contributed by atoms with Crippen LogP contribution >= 0.6 is 11.3 Å². The van der Waals surface area contributed by atoms with E-state index in [-0.39, 0.29) is 17.9 Å². The predicted molar refractivity (Wildman–Crippen MR) is 123 cm³/mol. The highest BCUT2D eigenvalue weighted by Gasteiger charge is 2.58. The fraction of sp³-hybridized carbons (Fsp3) is 0.250. The van der Waals surface area contributed by atoms with E-state index in [4.69, 9.17) is 0 Å². The third kappa shape index (κ3) is 2.80. The van der Waals surface area contributed by atoms with Crippen LogP contribution in [-0.2, 0) is 10.5 Å². The molecule has 0 saturated heterocycles. The second-order valence-electron chi connectivity index (χ2n) is 8.17. The monoisotopic (exact) mass is 432 g/mol. The first-order valence-electron chi connectivity index (χ1n) is 10.2. The van der Waals surface area contributed by atoms with Gasteiger partial charge < -0.3 is 20.0 Å². The van der Waals surface area contributed by atoms with E-state index in [1.807, 2.05) is 74.1 Å². The Morgan fingerprint density at radius 2 is 1.77 bits per heavy atom. The molecule has 1 aromatic heterocycles. The maximum absolute atomic E-state index is 13.9. The van der Waals surface area contributed by atoms with E-state index in [9.17, 15) is 9.59 Å². The number of amides is 2. The van der Waals surface area contributed by atoms with E-state index in [0.717, 1.165) is 16.1 Å². The van der Waals surface area contributed by atoms with Crippen LogP contribution < -0.4 is 10.2 Å². The van der Waals surface area contributed by atoms with Crippen molar-refractivity contribution in [3.8, 4) is 0 Å². The topological polar surface area (TPSA) is 55.9 Å². The molecule has 0 bridgehead atoms. The van der Waals surface area contributed by atoms with Gasteiger partial charge in [0.05, 0.1) is 17.3 Å². The van der Waals surface area contributed by atoms with Gasteiger partial charge in [0.1, 0.15) is 0 Å². The van der Waals surface area contributed by atoms with Gasteiger partial charge in [0, 0.05) is 29.7 Å². The Hall–Kier alpha value is -3.16. The number of likely N-dealkylation sites (N-methyl/N-ethyl adjacent to an activating group) is 2. The van der Waals surface area contributed by atoms with Crippen molar-refractivity contribution >= 4 is 34.5 Å². The molecule has 0 fully saturated rings. The largest absolute Gasteiger partial charge is 0.350 e. The number of nitrogens with one attached hydrogen (secondary N) is 1. The first kappa shape index (κ1) is 19.8. The van der Waals surface area contributed by atoms with Crippen molar-refractivity contribution in [3.05, 3.63) is 82.0 Å². The molecule has 31 heavy (non-hydrogen) atoms. The molecular formula is C24H24N4O2S. The highest BCUT2D eigenvalue weighted by Crippen LogP contribution is 2.48. The van der Waals surface area contributed by atoms with Crippen molar-refractivity contribution in [1.29, 1.82) is 0 Å². The van der Waals surface area contributed by atoms with Gasteiger partial charge >= 0.3 is 0 Å². The lowest BCUT2D eigenvalue weighted by Crippen LogP contribution is -2.63. The summed E-state index contributed by atoms with van der Waals surface area (Å²) in [6, 6.07) is 19.2. The molecule has 0 saturated carbocycles. The molecule has 7 heteroatoms. The lowest BCUT2D eigenvalue weighted by molar-refractivity contribution is -0.127. The molecule has 2 atom stereocenters. The van der Waals surface area contributed by atoms with Gasteiger partial charge in [-0.3, -0.25) is 9.59 Å². The quantitative estimate of drug-likeness (QED) is 0.682. The summed E-state index contributed by atoms with van der Waals surface area (Å²) in [4.78, 5) is 34.3. The fourth-order valence-corrected chi connectivity index (χ4v) is 5.55. The number of fused-ring (bicyclic) bond motifs is 3. The van der Waals surface area contributed by atoms with Crippen molar-refractivity contribution in [3.63, 3.8) is 0 Å². The molecule has 5 rings (SSSR count). The average Bonchev–Trinajstić information content (AvgIpc) is 3.37. The third-order valence-electron chi connectivity index (χ3n) is 6.24. The number of carbonyl (C=O) groups is 2. The zero-order chi connectivity index (χ0) is 21.8. The normalized spacial score (nSPS) is 20.8. The van der Waals surface area contributed by atoms with Crippen molar-refractivity contribution in [2.75, 3.05) is 37.9 Å². The van der Waals surface area contributed by atoms with E-state index in [1.165, 1.54) is 0 Å². The van der Waals surface area contributed by atoms with Gasteiger partial charge in [-0.15, -0.1) is 11.3 Å². The second kappa shape index (κ2) is 7.21. The summed E-state index contributed by atoms with van der Waals surface area (Å²) >= 11 is 1.66. The molecule has 3 heterocycles. The maximum atomic E-state index is 13.9. The minimum absolute atomic E-state index is 0.0428. The second-order valence-corrected chi connectivity index (χ2v) is 9.15. The zero-order valence-electron chi connectivity index (χ0n) is 17.7. The number of thiophene rings is 1. The van der Waals surface area contributed by atoms with Crippen LogP contribution in [0.3, 0.4) is 0 Å². The van der Waals surface area contributed by atoms with Crippen LogP contribution in [0.1, 0.15) is 26.8 Å². The summed E-state index contributed by atoms with van der Waals surface area (Å²) in [6.07, 6.45) is 0. The SMILES string of the molecule is CN1C(=O)[C@@]2(Nc3ccccc3C(=O)N2C[C@@H](c2cccs2)N(C)C)c2ccccc21. The van der Waals surface area contributed by atoms with Crippen molar-refractivity contribution < 1.29 is 9.59 Å². The van der Waals surface area contributed by atoms with Gasteiger partial charge in [0.15, 0.2) is 0 Å². The van der Waals surface area contributed by atoms with Gasteiger partial charge in [-0.05, 0) is 43.7 Å². The Morgan fingerprint density at radius 1 is 1.03 bits per heavy atom. The van der Waals surface area contributed by atoms with Crippen molar-refractivity contribution in [2.45, 2.75) is 11.7 Å². The Balaban J connectivity index is 1.71. The van der Waals surface area contributed by atoms with Crippen LogP contribution in [0.5, 0.6) is 0 Å². The van der Waals surface area contributed by atoms with Gasteiger partial charge in [0.2, 0.25) is 5.66 Å². The molecule has 0 radical (unpaired) electrons. The maximum Gasteiger partial charge on any atom is 0.278 e. The van der Waals surface area contributed by atoms with Crippen LogP contribution in [0, 0.1) is 0 Å². The molecular weight excluding hydrogens is 408 g/mol. The summed E-state index contributed by atoms with van der Waals surface area (Å²) in [5.74, 6) is -0.295. The molecule has 2 aromatic carbocycles. The fourth-order valence-electron chi connectivity index (χ4n) is 4.64. The molecule has 0 unspecified atom stereocenters. The van der Waals surface area contributed by atoms with E-state index in [2.05, 4.69) is 16.3 Å². The minimum Gasteiger partial charge on any atom is -0.350 e. The number of rotatable bonds is 4. The lowest BCUT2D eigenvalue weighted by Gasteiger charge is -2.46. The van der Waals surface area contributed by atoms with E-state index in [1.54, 1.807) is 28.2 Å². The lowest BCUT2D eigenvalue weighted by atomic mass is 9.92. The van der Waals surface area contributed by atoms with Gasteiger partial charge in [-0.2, -0.15) is 0 Å². The van der Waals surface area contributed by atoms with E-state index >= 15 is 0 Å². The Kier molecular flexibility index (Phi) is 4.60. The minimum atomic E-state index is -1.28. The molecule has 3 aromatic rings. The predicted octanol–water partition coefficient (Wildman–Crippen LogP) is 3.75. The number of hydrogen-bond acceptors (Lipinski definition) is 5. The number of carbonyl (C=O) groups excluding carboxylic acids is 2. The summed E-state index contributed by atoms with van der Waals surface area (Å²) in [5, 5.41) is 5.52. The van der Waals surface area contributed by atoms with Crippen LogP contribution in [0.25, 0.3) is 0 Å². The van der Waals surface area contributed by atoms with Crippen molar-refractivity contribution in [1.82, 2.24) is 9.80 Å². The summed E-state index contributed by atoms with van der Waals surface area (Å²) < 4.78 is 0. The Labute approximate surface area is 185 Å². The molecule has 0 aliphatic carbocycles. The third-order valence-corrected chi connectivity index (χ3v) is 7.22. The van der Waals surface area contributed by atoms with Crippen LogP contribution in [-0.4, -0.2) is 49.3 Å². The number of hydrogen-bond donors (Lipinski definition) is 1. The standard InChI is InChI=1S/C24H24N4O2S/c1-26(2)20(21-13-8-14-31-21)15-28-22(29)16-9-4-6-11-18(16)25-24(28)17-10-5-7-12-19(17)27(3)23(24)30/h4-14,20,25H,15H2,1-3H3/t20-,24+/m0/s1. The Morgan fingerprint density at radius 3 is 2.52 bits per heavy atom. The van der Waals surface area contributed by atoms with Gasteiger partial charge in [-0.25, -0.2) is 0 Å². The van der Waals surface area contributed by atoms with Crippen molar-refractivity contribution in [2.24, 2.45) is 0 Å². The number of nitrogens with zero attached hydrogens (tertiary/aromatic N) is 3. The molecule has 158 valence electrons. The molecule has 2 aliphatic rings. The van der Waals surface area contributed by atoms with E-state index < -0.39 is 5.66 Å². The molecule has 1 N–H and O–H groups in total. The summed E-state index contributed by atoms with van der Waals surface area (Å²) in [5.41, 5.74) is 1.60. The zero-order valence-corrected chi connectivity index (χ0v) is 18.5. The number of benzene rings is 2.